The van der Waals surface area contributed by atoms with E-state index in [4.69, 9.17) is 4.74 Å². The van der Waals surface area contributed by atoms with E-state index >= 15 is 0 Å². The van der Waals surface area contributed by atoms with Crippen LogP contribution < -0.4 is 15.0 Å². The summed E-state index contributed by atoms with van der Waals surface area (Å²) >= 11 is 1.06. The van der Waals surface area contributed by atoms with E-state index in [2.05, 4.69) is 21.8 Å². The van der Waals surface area contributed by atoms with Gasteiger partial charge in [0.25, 0.3) is 11.8 Å². The van der Waals surface area contributed by atoms with Gasteiger partial charge < -0.3 is 15.0 Å². The maximum Gasteiger partial charge on any atom is 0.269 e. The van der Waals surface area contributed by atoms with Crippen molar-refractivity contribution in [1.82, 2.24) is 9.59 Å². The van der Waals surface area contributed by atoms with Crippen molar-refractivity contribution in [2.45, 2.75) is 26.7 Å². The first kappa shape index (κ1) is 16.4. The first-order valence-corrected chi connectivity index (χ1v) is 8.55. The molecule has 0 bridgehead atoms. The number of rotatable bonds is 5. The Kier molecular flexibility index (Phi) is 4.75. The van der Waals surface area contributed by atoms with Gasteiger partial charge in [0.05, 0.1) is 11.4 Å². The highest BCUT2D eigenvalue weighted by Crippen LogP contribution is 2.35. The number of aromatic nitrogens is 2. The molecule has 0 unspecified atom stereocenters. The average Bonchev–Trinajstić information content (AvgIpc) is 3.00. The predicted octanol–water partition coefficient (Wildman–Crippen LogP) is 2.62. The van der Waals surface area contributed by atoms with Crippen molar-refractivity contribution >= 4 is 34.7 Å². The molecule has 1 aromatic heterocycles. The maximum absolute atomic E-state index is 12.3. The van der Waals surface area contributed by atoms with Gasteiger partial charge in [0.1, 0.15) is 10.6 Å². The Labute approximate surface area is 143 Å². The molecule has 126 valence electrons. The summed E-state index contributed by atoms with van der Waals surface area (Å²) in [5, 5.41) is 6.66. The Balaban J connectivity index is 1.84. The van der Waals surface area contributed by atoms with Gasteiger partial charge in [0.15, 0.2) is 6.61 Å². The molecule has 3 rings (SSSR count). The van der Waals surface area contributed by atoms with Crippen LogP contribution in [0, 0.1) is 6.92 Å². The molecule has 2 heterocycles. The van der Waals surface area contributed by atoms with Crippen molar-refractivity contribution in [2.24, 2.45) is 0 Å². The third kappa shape index (κ3) is 3.23. The third-order valence-electron chi connectivity index (χ3n) is 3.75. The summed E-state index contributed by atoms with van der Waals surface area (Å²) in [5.74, 6) is 0.326. The zero-order valence-electron chi connectivity index (χ0n) is 13.5. The van der Waals surface area contributed by atoms with Gasteiger partial charge in [-0.2, -0.15) is 0 Å². The molecule has 1 N–H and O–H groups in total. The lowest BCUT2D eigenvalue weighted by atomic mass is 10.2. The second-order valence-electron chi connectivity index (χ2n) is 5.51. The fourth-order valence-corrected chi connectivity index (χ4v) is 3.02. The van der Waals surface area contributed by atoms with Crippen LogP contribution >= 0.6 is 11.5 Å². The summed E-state index contributed by atoms with van der Waals surface area (Å²) in [7, 11) is 0. The van der Waals surface area contributed by atoms with Crippen LogP contribution in [0.15, 0.2) is 18.2 Å². The van der Waals surface area contributed by atoms with Crippen LogP contribution in [0.3, 0.4) is 0 Å². The zero-order valence-corrected chi connectivity index (χ0v) is 14.4. The summed E-state index contributed by atoms with van der Waals surface area (Å²) in [5.41, 5.74) is 1.89. The molecular weight excluding hydrogens is 328 g/mol. The first-order valence-electron chi connectivity index (χ1n) is 7.77. The van der Waals surface area contributed by atoms with E-state index in [1.54, 1.807) is 30.0 Å². The third-order valence-corrected chi connectivity index (χ3v) is 4.58. The molecule has 1 aliphatic rings. The second-order valence-corrected chi connectivity index (χ2v) is 6.27. The van der Waals surface area contributed by atoms with Crippen LogP contribution in [0.2, 0.25) is 0 Å². The number of carbonyl (C=O) groups excluding carboxylic acids is 2. The van der Waals surface area contributed by atoms with Gasteiger partial charge in [0.2, 0.25) is 0 Å². The highest BCUT2D eigenvalue weighted by Gasteiger charge is 2.25. The molecule has 0 atom stereocenters. The van der Waals surface area contributed by atoms with Crippen LogP contribution in [0.5, 0.6) is 5.75 Å². The van der Waals surface area contributed by atoms with Crippen molar-refractivity contribution in [1.29, 1.82) is 0 Å². The SMILES string of the molecule is CCCCN1C(=O)COc2ccc(NC(=O)c3snnc3C)cc21. The minimum absolute atomic E-state index is 0.0498. The number of ether oxygens (including phenoxy) is 1. The summed E-state index contributed by atoms with van der Waals surface area (Å²) in [6, 6.07) is 5.30. The van der Waals surface area contributed by atoms with Gasteiger partial charge in [-0.3, -0.25) is 9.59 Å². The maximum atomic E-state index is 12.3. The molecule has 0 fully saturated rings. The van der Waals surface area contributed by atoms with E-state index in [1.807, 2.05) is 0 Å². The molecule has 0 spiro atoms. The zero-order chi connectivity index (χ0) is 17.1. The summed E-state index contributed by atoms with van der Waals surface area (Å²) < 4.78 is 9.24. The molecule has 1 aromatic carbocycles. The molecule has 0 saturated carbocycles. The quantitative estimate of drug-likeness (QED) is 0.899. The highest BCUT2D eigenvalue weighted by atomic mass is 32.1. The number of carbonyl (C=O) groups is 2. The van der Waals surface area contributed by atoms with Crippen molar-refractivity contribution in [3.05, 3.63) is 28.8 Å². The van der Waals surface area contributed by atoms with Gasteiger partial charge in [0, 0.05) is 12.2 Å². The van der Waals surface area contributed by atoms with Gasteiger partial charge in [-0.05, 0) is 43.1 Å². The number of aryl methyl sites for hydroxylation is 1. The lowest BCUT2D eigenvalue weighted by Gasteiger charge is -2.29. The normalized spacial score (nSPS) is 13.4. The lowest BCUT2D eigenvalue weighted by molar-refractivity contribution is -0.121. The second kappa shape index (κ2) is 6.96. The molecule has 2 amide bonds. The van der Waals surface area contributed by atoms with E-state index in [1.165, 1.54) is 0 Å². The number of nitrogens with zero attached hydrogens (tertiary/aromatic N) is 3. The molecule has 8 heteroatoms. The Morgan fingerprint density at radius 3 is 3.00 bits per heavy atom. The van der Waals surface area contributed by atoms with Crippen LogP contribution in [-0.4, -0.2) is 34.6 Å². The van der Waals surface area contributed by atoms with Crippen LogP contribution in [0.25, 0.3) is 0 Å². The minimum Gasteiger partial charge on any atom is -0.482 e. The van der Waals surface area contributed by atoms with Gasteiger partial charge in [-0.1, -0.05) is 17.8 Å². The first-order chi connectivity index (χ1) is 11.6. The van der Waals surface area contributed by atoms with Crippen LogP contribution in [0.1, 0.15) is 35.1 Å². The molecule has 0 aliphatic carbocycles. The number of benzene rings is 1. The van der Waals surface area contributed by atoms with Crippen molar-refractivity contribution in [3.8, 4) is 5.75 Å². The van der Waals surface area contributed by atoms with Crippen molar-refractivity contribution in [3.63, 3.8) is 0 Å². The molecule has 24 heavy (non-hydrogen) atoms. The van der Waals surface area contributed by atoms with E-state index in [0.717, 1.165) is 24.4 Å². The number of nitrogens with one attached hydrogen (secondary N) is 1. The topological polar surface area (TPSA) is 84.4 Å². The monoisotopic (exact) mass is 346 g/mol. The molecular formula is C16H18N4O3S. The smallest absolute Gasteiger partial charge is 0.269 e. The fourth-order valence-electron chi connectivity index (χ4n) is 2.47. The van der Waals surface area contributed by atoms with E-state index in [0.29, 0.717) is 34.2 Å². The summed E-state index contributed by atoms with van der Waals surface area (Å²) in [6.45, 7) is 4.51. The number of fused-ring (bicyclic) bond motifs is 1. The predicted molar refractivity (Wildman–Crippen MR) is 91.8 cm³/mol. The molecule has 0 radical (unpaired) electrons. The van der Waals surface area contributed by atoms with E-state index in [9.17, 15) is 9.59 Å². The van der Waals surface area contributed by atoms with E-state index in [-0.39, 0.29) is 18.4 Å². The van der Waals surface area contributed by atoms with Crippen molar-refractivity contribution in [2.75, 3.05) is 23.4 Å². The number of amides is 2. The molecule has 0 saturated heterocycles. The van der Waals surface area contributed by atoms with Crippen molar-refractivity contribution < 1.29 is 14.3 Å². The van der Waals surface area contributed by atoms with Gasteiger partial charge >= 0.3 is 0 Å². The Morgan fingerprint density at radius 1 is 1.46 bits per heavy atom. The number of hydrogen-bond acceptors (Lipinski definition) is 6. The Bertz CT molecular complexity index is 774. The largest absolute Gasteiger partial charge is 0.482 e. The Hall–Kier alpha value is -2.48. The van der Waals surface area contributed by atoms with Crippen LogP contribution in [-0.2, 0) is 4.79 Å². The molecule has 1 aliphatic heterocycles. The summed E-state index contributed by atoms with van der Waals surface area (Å²) in [4.78, 5) is 26.6. The average molecular weight is 346 g/mol. The molecule has 2 aromatic rings. The van der Waals surface area contributed by atoms with E-state index < -0.39 is 0 Å². The summed E-state index contributed by atoms with van der Waals surface area (Å²) in [6.07, 6.45) is 1.90. The number of hydrogen-bond donors (Lipinski definition) is 1. The highest BCUT2D eigenvalue weighted by molar-refractivity contribution is 7.08. The van der Waals surface area contributed by atoms with Gasteiger partial charge in [-0.25, -0.2) is 0 Å². The lowest BCUT2D eigenvalue weighted by Crippen LogP contribution is -2.39. The van der Waals surface area contributed by atoms with Crippen LogP contribution in [0.4, 0.5) is 11.4 Å². The Morgan fingerprint density at radius 2 is 2.29 bits per heavy atom. The van der Waals surface area contributed by atoms with Gasteiger partial charge in [-0.15, -0.1) is 5.10 Å². The molecule has 7 nitrogen and oxygen atoms in total. The minimum atomic E-state index is -0.259. The fraction of sp³-hybridized carbons (Fsp3) is 0.375. The number of anilines is 2. The number of unbranched alkanes of at least 4 members (excludes halogenated alkanes) is 1. The standard InChI is InChI=1S/C16H18N4O3S/c1-3-4-7-20-12-8-11(5-6-13(12)23-9-14(20)21)17-16(22)15-10(2)18-19-24-15/h5-6,8H,3-4,7,9H2,1-2H3,(H,17,22).